The second kappa shape index (κ2) is 7.48. The molecule has 1 aromatic rings. The van der Waals surface area contributed by atoms with Crippen LogP contribution in [0.1, 0.15) is 25.7 Å². The standard InChI is InChI=1S/C14H19BrClNO2/c15-13-6-5-10(16)7-14(13)17-8-11(18)9-19-12-3-1-2-4-12/h5-7,11-12,17-18H,1-4,8-9H2. The van der Waals surface area contributed by atoms with Crippen molar-refractivity contribution in [1.82, 2.24) is 0 Å². The van der Waals surface area contributed by atoms with Crippen LogP contribution in [0.2, 0.25) is 5.02 Å². The van der Waals surface area contributed by atoms with E-state index in [0.717, 1.165) is 23.0 Å². The molecule has 0 amide bonds. The van der Waals surface area contributed by atoms with Gasteiger partial charge >= 0.3 is 0 Å². The molecule has 3 nitrogen and oxygen atoms in total. The topological polar surface area (TPSA) is 41.5 Å². The van der Waals surface area contributed by atoms with Crippen molar-refractivity contribution in [2.75, 3.05) is 18.5 Å². The van der Waals surface area contributed by atoms with E-state index in [4.69, 9.17) is 16.3 Å². The number of ether oxygens (including phenoxy) is 1. The lowest BCUT2D eigenvalue weighted by atomic mass is 10.3. The van der Waals surface area contributed by atoms with Gasteiger partial charge in [0.05, 0.1) is 18.8 Å². The average Bonchev–Trinajstić information content (AvgIpc) is 2.90. The normalized spacial score (nSPS) is 17.6. The fraction of sp³-hybridized carbons (Fsp3) is 0.571. The van der Waals surface area contributed by atoms with Gasteiger partial charge in [0.15, 0.2) is 0 Å². The zero-order chi connectivity index (χ0) is 13.7. The molecule has 1 aliphatic rings. The van der Waals surface area contributed by atoms with Gasteiger partial charge < -0.3 is 15.2 Å². The largest absolute Gasteiger partial charge is 0.389 e. The Kier molecular flexibility index (Phi) is 5.95. The lowest BCUT2D eigenvalue weighted by Gasteiger charge is -2.17. The van der Waals surface area contributed by atoms with Crippen LogP contribution in [-0.4, -0.2) is 30.5 Å². The molecule has 0 aliphatic heterocycles. The Morgan fingerprint density at radius 1 is 1.42 bits per heavy atom. The van der Waals surface area contributed by atoms with Crippen molar-refractivity contribution < 1.29 is 9.84 Å². The fourth-order valence-corrected chi connectivity index (χ4v) is 2.78. The van der Waals surface area contributed by atoms with E-state index in [9.17, 15) is 5.11 Å². The lowest BCUT2D eigenvalue weighted by Crippen LogP contribution is -2.27. The Balaban J connectivity index is 1.73. The summed E-state index contributed by atoms with van der Waals surface area (Å²) in [5, 5.41) is 13.7. The Hall–Kier alpha value is -0.290. The van der Waals surface area contributed by atoms with E-state index in [-0.39, 0.29) is 0 Å². The highest BCUT2D eigenvalue weighted by Gasteiger charge is 2.16. The summed E-state index contributed by atoms with van der Waals surface area (Å²) in [5.41, 5.74) is 0.882. The highest BCUT2D eigenvalue weighted by molar-refractivity contribution is 9.10. The minimum Gasteiger partial charge on any atom is -0.389 e. The molecule has 0 bridgehead atoms. The molecule has 1 atom stereocenters. The predicted octanol–water partition coefficient (Wildman–Crippen LogP) is 3.83. The van der Waals surface area contributed by atoms with Crippen LogP contribution in [0.25, 0.3) is 0 Å². The molecule has 2 N–H and O–H groups in total. The van der Waals surface area contributed by atoms with E-state index in [1.54, 1.807) is 0 Å². The maximum atomic E-state index is 9.90. The lowest BCUT2D eigenvalue weighted by molar-refractivity contribution is -0.00117. The zero-order valence-corrected chi connectivity index (χ0v) is 13.1. The number of aliphatic hydroxyl groups excluding tert-OH is 1. The molecule has 1 fully saturated rings. The van der Waals surface area contributed by atoms with Crippen molar-refractivity contribution in [2.24, 2.45) is 0 Å². The van der Waals surface area contributed by atoms with Gasteiger partial charge in [0.2, 0.25) is 0 Å². The quantitative estimate of drug-likeness (QED) is 0.821. The van der Waals surface area contributed by atoms with Crippen molar-refractivity contribution in [1.29, 1.82) is 0 Å². The molecule has 0 heterocycles. The molecule has 0 radical (unpaired) electrons. The smallest absolute Gasteiger partial charge is 0.0945 e. The number of rotatable bonds is 6. The van der Waals surface area contributed by atoms with Crippen molar-refractivity contribution in [3.05, 3.63) is 27.7 Å². The summed E-state index contributed by atoms with van der Waals surface area (Å²) in [5.74, 6) is 0. The first-order valence-electron chi connectivity index (χ1n) is 6.64. The van der Waals surface area contributed by atoms with Crippen LogP contribution in [0.15, 0.2) is 22.7 Å². The number of nitrogens with one attached hydrogen (secondary N) is 1. The molecule has 0 spiro atoms. The highest BCUT2D eigenvalue weighted by atomic mass is 79.9. The summed E-state index contributed by atoms with van der Waals surface area (Å²) in [6.45, 7) is 0.835. The minimum atomic E-state index is -0.508. The van der Waals surface area contributed by atoms with E-state index < -0.39 is 6.10 Å². The zero-order valence-electron chi connectivity index (χ0n) is 10.7. The van der Waals surface area contributed by atoms with Gasteiger partial charge in [-0.1, -0.05) is 24.4 Å². The molecule has 2 rings (SSSR count). The van der Waals surface area contributed by atoms with Gasteiger partial charge in [0.25, 0.3) is 0 Å². The monoisotopic (exact) mass is 347 g/mol. The molecule has 1 aromatic carbocycles. The molecule has 1 aliphatic carbocycles. The van der Waals surface area contributed by atoms with E-state index in [1.807, 2.05) is 18.2 Å². The molecular formula is C14H19BrClNO2. The first-order chi connectivity index (χ1) is 9.15. The minimum absolute atomic E-state index is 0.340. The molecular weight excluding hydrogens is 330 g/mol. The molecule has 19 heavy (non-hydrogen) atoms. The first-order valence-corrected chi connectivity index (χ1v) is 7.81. The van der Waals surface area contributed by atoms with Gasteiger partial charge in [-0.25, -0.2) is 0 Å². The molecule has 1 saturated carbocycles. The number of benzene rings is 1. The van der Waals surface area contributed by atoms with Crippen molar-refractivity contribution in [3.63, 3.8) is 0 Å². The molecule has 0 aromatic heterocycles. The third kappa shape index (κ3) is 4.95. The van der Waals surface area contributed by atoms with Crippen LogP contribution < -0.4 is 5.32 Å². The summed E-state index contributed by atoms with van der Waals surface area (Å²) in [7, 11) is 0. The Labute approximate surface area is 127 Å². The van der Waals surface area contributed by atoms with Crippen LogP contribution in [-0.2, 0) is 4.74 Å². The maximum Gasteiger partial charge on any atom is 0.0945 e. The van der Waals surface area contributed by atoms with E-state index in [0.29, 0.717) is 24.3 Å². The summed E-state index contributed by atoms with van der Waals surface area (Å²) < 4.78 is 6.61. The van der Waals surface area contributed by atoms with E-state index >= 15 is 0 Å². The first kappa shape index (κ1) is 15.1. The van der Waals surface area contributed by atoms with Gasteiger partial charge in [-0.05, 0) is 47.0 Å². The van der Waals surface area contributed by atoms with Crippen molar-refractivity contribution in [3.8, 4) is 0 Å². The van der Waals surface area contributed by atoms with Crippen LogP contribution in [0, 0.1) is 0 Å². The van der Waals surface area contributed by atoms with Crippen LogP contribution in [0.4, 0.5) is 5.69 Å². The van der Waals surface area contributed by atoms with Crippen molar-refractivity contribution >= 4 is 33.2 Å². The van der Waals surface area contributed by atoms with Gasteiger partial charge in [-0.2, -0.15) is 0 Å². The number of halogens is 2. The average molecular weight is 349 g/mol. The maximum absolute atomic E-state index is 9.90. The van der Waals surface area contributed by atoms with Crippen LogP contribution >= 0.6 is 27.5 Å². The van der Waals surface area contributed by atoms with Crippen LogP contribution in [0.3, 0.4) is 0 Å². The molecule has 0 saturated heterocycles. The number of aliphatic hydroxyl groups is 1. The van der Waals surface area contributed by atoms with Gasteiger partial charge in [0, 0.05) is 21.7 Å². The Bertz CT molecular complexity index is 410. The summed E-state index contributed by atoms with van der Waals surface area (Å²) >= 11 is 9.37. The Morgan fingerprint density at radius 3 is 2.89 bits per heavy atom. The fourth-order valence-electron chi connectivity index (χ4n) is 2.22. The second-order valence-electron chi connectivity index (χ2n) is 4.90. The Morgan fingerprint density at radius 2 is 2.16 bits per heavy atom. The summed E-state index contributed by atoms with van der Waals surface area (Å²) in [6, 6.07) is 5.53. The SMILES string of the molecule is OC(CNc1cc(Cl)ccc1Br)COC1CCCC1. The van der Waals surface area contributed by atoms with Gasteiger partial charge in [-0.3, -0.25) is 0 Å². The molecule has 1 unspecified atom stereocenters. The predicted molar refractivity (Wildman–Crippen MR) is 81.9 cm³/mol. The second-order valence-corrected chi connectivity index (χ2v) is 6.19. The van der Waals surface area contributed by atoms with Crippen molar-refractivity contribution in [2.45, 2.75) is 37.9 Å². The third-order valence-electron chi connectivity index (χ3n) is 3.28. The number of hydrogen-bond donors (Lipinski definition) is 2. The third-order valence-corrected chi connectivity index (χ3v) is 4.21. The van der Waals surface area contributed by atoms with Crippen LogP contribution in [0.5, 0.6) is 0 Å². The van der Waals surface area contributed by atoms with E-state index in [2.05, 4.69) is 21.2 Å². The highest BCUT2D eigenvalue weighted by Crippen LogP contribution is 2.26. The molecule has 106 valence electrons. The molecule has 5 heteroatoms. The number of hydrogen-bond acceptors (Lipinski definition) is 3. The van der Waals surface area contributed by atoms with Gasteiger partial charge in [-0.15, -0.1) is 0 Å². The summed E-state index contributed by atoms with van der Waals surface area (Å²) in [4.78, 5) is 0. The van der Waals surface area contributed by atoms with Gasteiger partial charge in [0.1, 0.15) is 0 Å². The number of anilines is 1. The summed E-state index contributed by atoms with van der Waals surface area (Å²) in [6.07, 6.45) is 4.57. The van der Waals surface area contributed by atoms with E-state index in [1.165, 1.54) is 12.8 Å².